The first kappa shape index (κ1) is 12.4. The topological polar surface area (TPSA) is 30.7 Å². The summed E-state index contributed by atoms with van der Waals surface area (Å²) in [5.41, 5.74) is 4.23. The van der Waals surface area contributed by atoms with Crippen molar-refractivity contribution in [2.45, 2.75) is 11.5 Å². The normalized spacial score (nSPS) is 10.7. The van der Waals surface area contributed by atoms with Crippen LogP contribution in [0, 0.1) is 0 Å². The lowest BCUT2D eigenvalue weighted by Gasteiger charge is -1.99. The molecule has 0 aliphatic rings. The molecule has 1 aromatic carbocycles. The van der Waals surface area contributed by atoms with Gasteiger partial charge in [-0.3, -0.25) is 4.98 Å². The number of hydrogen-bond acceptors (Lipinski definition) is 4. The fraction of sp³-hybridized carbons (Fsp3) is 0.143. The number of rotatable bonds is 5. The zero-order chi connectivity index (χ0) is 12.9. The minimum Gasteiger partial charge on any atom is -0.253 e. The number of aromatic nitrogens is 3. The molecule has 3 nitrogen and oxygen atoms in total. The molecule has 0 aliphatic heterocycles. The molecule has 0 saturated heterocycles. The van der Waals surface area contributed by atoms with Crippen LogP contribution in [0.1, 0.15) is 10.4 Å². The maximum atomic E-state index is 4.40. The molecule has 0 bridgehead atoms. The second-order valence-electron chi connectivity index (χ2n) is 4.09. The Balaban J connectivity index is 1.59. The SMILES string of the molecule is c1ccc(-n2cc(CSCc3cncs3)cn2)cc1. The molecule has 2 heterocycles. The number of thioether (sulfide) groups is 1. The Hall–Kier alpha value is -1.59. The van der Waals surface area contributed by atoms with E-state index in [9.17, 15) is 0 Å². The maximum Gasteiger partial charge on any atom is 0.0794 e. The van der Waals surface area contributed by atoms with Gasteiger partial charge in [-0.2, -0.15) is 16.9 Å². The predicted molar refractivity (Wildman–Crippen MR) is 80.7 cm³/mol. The standard InChI is InChI=1S/C14H13N3S2/c1-2-4-13(5-3-1)17-8-12(6-16-17)9-18-10-14-7-15-11-19-14/h1-8,11H,9-10H2. The van der Waals surface area contributed by atoms with Crippen LogP contribution in [0.2, 0.25) is 0 Å². The van der Waals surface area contributed by atoms with Crippen LogP contribution in [0.15, 0.2) is 54.4 Å². The van der Waals surface area contributed by atoms with Crippen LogP contribution in [0.25, 0.3) is 5.69 Å². The number of para-hydroxylation sites is 1. The van der Waals surface area contributed by atoms with Crippen molar-refractivity contribution < 1.29 is 0 Å². The first-order valence-corrected chi connectivity index (χ1v) is 7.99. The van der Waals surface area contributed by atoms with Crippen LogP contribution in [-0.4, -0.2) is 14.8 Å². The van der Waals surface area contributed by atoms with Gasteiger partial charge in [0, 0.05) is 34.3 Å². The highest BCUT2D eigenvalue weighted by molar-refractivity contribution is 7.97. The van der Waals surface area contributed by atoms with Gasteiger partial charge in [-0.1, -0.05) is 18.2 Å². The van der Waals surface area contributed by atoms with Crippen LogP contribution < -0.4 is 0 Å². The molecule has 0 fully saturated rings. The quantitative estimate of drug-likeness (QED) is 0.716. The van der Waals surface area contributed by atoms with E-state index in [0.29, 0.717) is 0 Å². The summed E-state index contributed by atoms with van der Waals surface area (Å²) in [4.78, 5) is 5.40. The predicted octanol–water partition coefficient (Wildman–Crippen LogP) is 3.76. The summed E-state index contributed by atoms with van der Waals surface area (Å²) < 4.78 is 1.92. The molecule has 5 heteroatoms. The molecular formula is C14H13N3S2. The molecule has 0 saturated carbocycles. The third-order valence-electron chi connectivity index (χ3n) is 2.65. The van der Waals surface area contributed by atoms with Gasteiger partial charge in [-0.15, -0.1) is 11.3 Å². The van der Waals surface area contributed by atoms with Gasteiger partial charge >= 0.3 is 0 Å². The van der Waals surface area contributed by atoms with Crippen LogP contribution in [-0.2, 0) is 11.5 Å². The smallest absolute Gasteiger partial charge is 0.0794 e. The fourth-order valence-corrected chi connectivity index (χ4v) is 3.40. The highest BCUT2D eigenvalue weighted by Gasteiger charge is 2.01. The molecule has 0 unspecified atom stereocenters. The Morgan fingerprint density at radius 1 is 1.11 bits per heavy atom. The van der Waals surface area contributed by atoms with Crippen LogP contribution in [0.5, 0.6) is 0 Å². The molecule has 0 aliphatic carbocycles. The third-order valence-corrected chi connectivity index (χ3v) is 4.67. The largest absolute Gasteiger partial charge is 0.253 e. The minimum absolute atomic E-state index is 0.977. The minimum atomic E-state index is 0.977. The second-order valence-corrected chi connectivity index (χ2v) is 6.05. The van der Waals surface area contributed by atoms with Gasteiger partial charge in [-0.05, 0) is 12.1 Å². The first-order valence-electron chi connectivity index (χ1n) is 5.96. The number of benzene rings is 1. The van der Waals surface area contributed by atoms with Crippen molar-refractivity contribution in [3.05, 3.63) is 64.9 Å². The van der Waals surface area contributed by atoms with Gasteiger partial charge in [0.05, 0.1) is 17.4 Å². The van der Waals surface area contributed by atoms with E-state index in [-0.39, 0.29) is 0 Å². The van der Waals surface area contributed by atoms with Gasteiger partial charge in [0.1, 0.15) is 0 Å². The van der Waals surface area contributed by atoms with Gasteiger partial charge in [0.15, 0.2) is 0 Å². The zero-order valence-corrected chi connectivity index (χ0v) is 11.9. The van der Waals surface area contributed by atoms with Gasteiger partial charge in [-0.25, -0.2) is 4.68 Å². The van der Waals surface area contributed by atoms with E-state index in [1.54, 1.807) is 11.3 Å². The number of nitrogens with zero attached hydrogens (tertiary/aromatic N) is 3. The summed E-state index contributed by atoms with van der Waals surface area (Å²) in [6, 6.07) is 10.2. The van der Waals surface area contributed by atoms with Crippen molar-refractivity contribution in [3.63, 3.8) is 0 Å². The van der Waals surface area contributed by atoms with Crippen molar-refractivity contribution in [3.8, 4) is 5.69 Å². The summed E-state index contributed by atoms with van der Waals surface area (Å²) in [6.07, 6.45) is 5.97. The second kappa shape index (κ2) is 6.04. The lowest BCUT2D eigenvalue weighted by Crippen LogP contribution is -1.92. The Labute approximate surface area is 120 Å². The highest BCUT2D eigenvalue weighted by atomic mass is 32.2. The van der Waals surface area contributed by atoms with Crippen molar-refractivity contribution in [2.75, 3.05) is 0 Å². The Morgan fingerprint density at radius 2 is 2.00 bits per heavy atom. The van der Waals surface area contributed by atoms with Crippen molar-refractivity contribution in [2.24, 2.45) is 0 Å². The van der Waals surface area contributed by atoms with Crippen LogP contribution >= 0.6 is 23.1 Å². The van der Waals surface area contributed by atoms with E-state index < -0.39 is 0 Å². The van der Waals surface area contributed by atoms with Crippen LogP contribution in [0.3, 0.4) is 0 Å². The summed E-state index contributed by atoms with van der Waals surface area (Å²) in [5, 5.41) is 4.40. The molecule has 0 atom stereocenters. The van der Waals surface area contributed by atoms with E-state index in [1.807, 2.05) is 52.5 Å². The summed E-state index contributed by atoms with van der Waals surface area (Å²) in [6.45, 7) is 0. The van der Waals surface area contributed by atoms with Crippen molar-refractivity contribution >= 4 is 23.1 Å². The molecule has 19 heavy (non-hydrogen) atoms. The molecule has 96 valence electrons. The van der Waals surface area contributed by atoms with Gasteiger partial charge in [0.25, 0.3) is 0 Å². The zero-order valence-electron chi connectivity index (χ0n) is 10.3. The van der Waals surface area contributed by atoms with Crippen molar-refractivity contribution in [1.82, 2.24) is 14.8 Å². The van der Waals surface area contributed by atoms with E-state index in [1.165, 1.54) is 10.4 Å². The lowest BCUT2D eigenvalue weighted by atomic mass is 10.3. The Bertz CT molecular complexity index is 617. The Morgan fingerprint density at radius 3 is 2.79 bits per heavy atom. The number of thiazole rings is 1. The first-order chi connectivity index (χ1) is 9.42. The molecule has 3 aromatic rings. The average Bonchev–Trinajstić information content (AvgIpc) is 3.11. The van der Waals surface area contributed by atoms with Gasteiger partial charge in [0.2, 0.25) is 0 Å². The van der Waals surface area contributed by atoms with E-state index in [4.69, 9.17) is 0 Å². The van der Waals surface area contributed by atoms with E-state index in [0.717, 1.165) is 17.2 Å². The van der Waals surface area contributed by atoms with Crippen molar-refractivity contribution in [1.29, 1.82) is 0 Å². The number of hydrogen-bond donors (Lipinski definition) is 0. The monoisotopic (exact) mass is 287 g/mol. The van der Waals surface area contributed by atoms with E-state index >= 15 is 0 Å². The summed E-state index contributed by atoms with van der Waals surface area (Å²) in [5.74, 6) is 1.99. The molecule has 0 N–H and O–H groups in total. The Kier molecular flexibility index (Phi) is 3.95. The molecular weight excluding hydrogens is 274 g/mol. The van der Waals surface area contributed by atoms with Crippen LogP contribution in [0.4, 0.5) is 0 Å². The molecule has 0 spiro atoms. The molecule has 0 radical (unpaired) electrons. The molecule has 3 rings (SSSR count). The lowest BCUT2D eigenvalue weighted by molar-refractivity contribution is 0.880. The molecule has 2 aromatic heterocycles. The van der Waals surface area contributed by atoms with Gasteiger partial charge < -0.3 is 0 Å². The average molecular weight is 287 g/mol. The van der Waals surface area contributed by atoms with E-state index in [2.05, 4.69) is 28.4 Å². The summed E-state index contributed by atoms with van der Waals surface area (Å²) >= 11 is 3.60. The molecule has 0 amide bonds. The third kappa shape index (κ3) is 3.24. The maximum absolute atomic E-state index is 4.40. The summed E-state index contributed by atoms with van der Waals surface area (Å²) in [7, 11) is 0. The fourth-order valence-electron chi connectivity index (χ4n) is 1.74. The highest BCUT2D eigenvalue weighted by Crippen LogP contribution is 2.20.